The average molecular weight is 462 g/mol. The van der Waals surface area contributed by atoms with Gasteiger partial charge in [-0.3, -0.25) is 9.97 Å². The summed E-state index contributed by atoms with van der Waals surface area (Å²) in [5, 5.41) is 0. The van der Waals surface area contributed by atoms with Crippen molar-refractivity contribution in [1.29, 1.82) is 0 Å². The van der Waals surface area contributed by atoms with Crippen LogP contribution in [-0.4, -0.2) is 9.97 Å². The van der Waals surface area contributed by atoms with Crippen molar-refractivity contribution in [2.24, 2.45) is 0 Å². The fourth-order valence-electron chi connectivity index (χ4n) is 1.81. The van der Waals surface area contributed by atoms with Crippen LogP contribution >= 0.6 is 9.42 Å². The second-order valence-electron chi connectivity index (χ2n) is 3.91. The molecule has 3 rings (SSSR count). The van der Waals surface area contributed by atoms with Gasteiger partial charge in [0, 0.05) is 23.8 Å². The van der Waals surface area contributed by atoms with Gasteiger partial charge in [-0.05, 0) is 12.1 Å². The Labute approximate surface area is 133 Å². The molecule has 0 radical (unpaired) electrons. The Balaban J connectivity index is 0.000000704. The van der Waals surface area contributed by atoms with Gasteiger partial charge < -0.3 is 0 Å². The van der Waals surface area contributed by atoms with Gasteiger partial charge in [0.2, 0.25) is 0 Å². The Morgan fingerprint density at radius 1 is 0.700 bits per heavy atom. The minimum atomic E-state index is 0.926. The molecule has 0 aliphatic carbocycles. The molecule has 2 heterocycles. The topological polar surface area (TPSA) is 25.8 Å². The van der Waals surface area contributed by atoms with Crippen LogP contribution in [0.15, 0.2) is 67.0 Å². The van der Waals surface area contributed by atoms with E-state index >= 15 is 0 Å². The van der Waals surface area contributed by atoms with Gasteiger partial charge in [-0.1, -0.05) is 35.4 Å². The van der Waals surface area contributed by atoms with Gasteiger partial charge in [-0.15, -0.1) is 24.3 Å². The van der Waals surface area contributed by atoms with Crippen LogP contribution in [0.25, 0.3) is 22.5 Å². The fourth-order valence-corrected chi connectivity index (χ4v) is 1.81. The van der Waals surface area contributed by atoms with Gasteiger partial charge in [-0.2, -0.15) is 0 Å². The van der Waals surface area contributed by atoms with Crippen LogP contribution in [0, 0.1) is 6.07 Å². The van der Waals surface area contributed by atoms with E-state index in [0.717, 1.165) is 22.5 Å². The number of pyridine rings is 2. The smallest absolute Gasteiger partial charge is 0.0183 e. The van der Waals surface area contributed by atoms with Crippen LogP contribution in [0.4, 0.5) is 0 Å². The van der Waals surface area contributed by atoms with E-state index in [1.165, 1.54) is 0 Å². The van der Waals surface area contributed by atoms with Gasteiger partial charge >= 0.3 is 28.2 Å². The number of hydrogen-bond donors (Lipinski definition) is 0. The van der Waals surface area contributed by atoms with Crippen LogP contribution in [0.3, 0.4) is 0 Å². The Morgan fingerprint density at radius 2 is 1.20 bits per heavy atom. The summed E-state index contributed by atoms with van der Waals surface area (Å²) in [4.78, 5) is 8.66. The molecule has 0 saturated heterocycles. The monoisotopic (exact) mass is 461 g/mol. The molecule has 0 amide bonds. The molecular formula is C16H11ClN2Pt. The van der Waals surface area contributed by atoms with E-state index in [1.807, 2.05) is 54.6 Å². The third kappa shape index (κ3) is 3.75. The van der Waals surface area contributed by atoms with Crippen LogP contribution in [0.2, 0.25) is 0 Å². The van der Waals surface area contributed by atoms with Crippen LogP contribution in [0.1, 0.15) is 0 Å². The number of hydrogen-bond acceptors (Lipinski definition) is 2. The third-order valence-corrected chi connectivity index (χ3v) is 2.68. The summed E-state index contributed by atoms with van der Waals surface area (Å²) in [6, 6.07) is 21.1. The molecule has 0 spiro atoms. The van der Waals surface area contributed by atoms with Crippen molar-refractivity contribution < 1.29 is 18.8 Å². The minimum absolute atomic E-state index is 0.926. The molecule has 0 atom stereocenters. The van der Waals surface area contributed by atoms with Crippen molar-refractivity contribution in [1.82, 2.24) is 9.97 Å². The predicted octanol–water partition coefficient (Wildman–Crippen LogP) is 4.30. The summed E-state index contributed by atoms with van der Waals surface area (Å²) in [6.07, 6.45) is 3.58. The van der Waals surface area contributed by atoms with Crippen molar-refractivity contribution in [3.05, 3.63) is 73.1 Å². The zero-order chi connectivity index (χ0) is 14.2. The summed E-state index contributed by atoms with van der Waals surface area (Å²) in [5.41, 5.74) is 3.82. The molecule has 1 aromatic carbocycles. The zero-order valence-corrected chi connectivity index (χ0v) is 13.5. The van der Waals surface area contributed by atoms with Crippen molar-refractivity contribution in [3.8, 4) is 22.5 Å². The molecule has 3 aromatic rings. The largest absolute Gasteiger partial charge is 0.295 e. The number of aromatic nitrogens is 2. The first-order valence-corrected chi connectivity index (χ1v) is 8.72. The summed E-state index contributed by atoms with van der Waals surface area (Å²) in [7, 11) is 4.61. The standard InChI is InChI=1S/C16H11N2.ClH.Pt/c1-3-10-17-15(8-1)13-6-5-7-14(12-13)16-9-2-4-11-18-16;;/h1-11H;1H;/q-1;;+2/p-1. The molecule has 4 heteroatoms. The molecule has 0 N–H and O–H groups in total. The van der Waals surface area contributed by atoms with Crippen LogP contribution in [0.5, 0.6) is 0 Å². The Morgan fingerprint density at radius 3 is 1.60 bits per heavy atom. The van der Waals surface area contributed by atoms with E-state index in [4.69, 9.17) is 0 Å². The molecule has 102 valence electrons. The molecule has 0 fully saturated rings. The first-order valence-electron chi connectivity index (χ1n) is 5.90. The summed E-state index contributed by atoms with van der Waals surface area (Å²) < 4.78 is 0. The first-order chi connectivity index (χ1) is 9.93. The molecule has 0 unspecified atom stereocenters. The van der Waals surface area contributed by atoms with Gasteiger partial charge in [-0.25, -0.2) is 0 Å². The van der Waals surface area contributed by atoms with Gasteiger partial charge in [0.15, 0.2) is 0 Å². The second kappa shape index (κ2) is 7.94. The van der Waals surface area contributed by atoms with Gasteiger partial charge in [0.25, 0.3) is 0 Å². The summed E-state index contributed by atoms with van der Waals surface area (Å²) in [6.45, 7) is 0. The number of rotatable bonds is 2. The molecule has 0 saturated carbocycles. The third-order valence-electron chi connectivity index (χ3n) is 2.68. The van der Waals surface area contributed by atoms with Crippen LogP contribution < -0.4 is 0 Å². The van der Waals surface area contributed by atoms with E-state index in [9.17, 15) is 0 Å². The number of benzene rings is 1. The van der Waals surface area contributed by atoms with Crippen molar-refractivity contribution in [2.45, 2.75) is 0 Å². The summed E-state index contributed by atoms with van der Waals surface area (Å²) in [5.74, 6) is 0. The van der Waals surface area contributed by atoms with Gasteiger partial charge in [0.1, 0.15) is 0 Å². The van der Waals surface area contributed by atoms with Crippen molar-refractivity contribution in [3.63, 3.8) is 0 Å². The predicted molar refractivity (Wildman–Crippen MR) is 77.6 cm³/mol. The normalized spacial score (nSPS) is 9.55. The average Bonchev–Trinajstić information content (AvgIpc) is 2.58. The maximum atomic E-state index is 4.61. The first kappa shape index (κ1) is 14.9. The van der Waals surface area contributed by atoms with E-state index < -0.39 is 0 Å². The quantitative estimate of drug-likeness (QED) is 0.532. The Bertz CT molecular complexity index is 590. The van der Waals surface area contributed by atoms with Gasteiger partial charge in [0.05, 0.1) is 0 Å². The number of halogens is 1. The summed E-state index contributed by atoms with van der Waals surface area (Å²) >= 11 is 1.61. The van der Waals surface area contributed by atoms with E-state index in [2.05, 4.69) is 25.5 Å². The minimum Gasteiger partial charge on any atom is -0.295 e. The number of nitrogens with zero attached hydrogens (tertiary/aromatic N) is 2. The molecule has 2 nitrogen and oxygen atoms in total. The maximum absolute atomic E-state index is 4.61. The zero-order valence-electron chi connectivity index (χ0n) is 10.4. The molecular weight excluding hydrogens is 451 g/mol. The van der Waals surface area contributed by atoms with Crippen molar-refractivity contribution >= 4 is 9.42 Å². The Hall–Kier alpha value is -1.50. The molecule has 0 aliphatic rings. The van der Waals surface area contributed by atoms with E-state index in [0.29, 0.717) is 0 Å². The SMILES string of the molecule is [Cl][Pt+].[c-]1c(-c2ccccn2)cccc1-c1ccccn1. The Kier molecular flexibility index (Phi) is 5.91. The second-order valence-corrected chi connectivity index (χ2v) is 3.91. The molecule has 0 bridgehead atoms. The fraction of sp³-hybridized carbons (Fsp3) is 0. The molecule has 20 heavy (non-hydrogen) atoms. The molecule has 2 aromatic heterocycles. The van der Waals surface area contributed by atoms with E-state index in [-0.39, 0.29) is 0 Å². The molecule has 0 aliphatic heterocycles. The maximum Gasteiger partial charge on any atom is 0.0183 e. The van der Waals surface area contributed by atoms with E-state index in [1.54, 1.807) is 31.2 Å². The van der Waals surface area contributed by atoms with Crippen LogP contribution in [-0.2, 0) is 18.8 Å². The van der Waals surface area contributed by atoms with Crippen molar-refractivity contribution in [2.75, 3.05) is 0 Å².